The highest BCUT2D eigenvalue weighted by atomic mass is 16.4. The second-order valence-corrected chi connectivity index (χ2v) is 4.02. The van der Waals surface area contributed by atoms with Crippen molar-refractivity contribution in [3.63, 3.8) is 0 Å². The lowest BCUT2D eigenvalue weighted by molar-refractivity contribution is -0.138. The third-order valence-electron chi connectivity index (χ3n) is 2.65. The molecule has 0 radical (unpaired) electrons. The second kappa shape index (κ2) is 6.28. The molecule has 1 aromatic rings. The number of aryl methyl sites for hydroxylation is 1. The van der Waals surface area contributed by atoms with Gasteiger partial charge in [-0.3, -0.25) is 4.79 Å². The predicted molar refractivity (Wildman–Crippen MR) is 64.2 cm³/mol. The Morgan fingerprint density at radius 2 is 2.19 bits per heavy atom. The third-order valence-corrected chi connectivity index (χ3v) is 2.65. The summed E-state index contributed by atoms with van der Waals surface area (Å²) in [7, 11) is 0. The summed E-state index contributed by atoms with van der Waals surface area (Å²) in [6.45, 7) is 2.16. The number of unbranched alkanes of at least 4 members (excludes halogenated alkanes) is 2. The van der Waals surface area contributed by atoms with Gasteiger partial charge in [-0.1, -0.05) is 44.0 Å². The standard InChI is InChI=1S/C13H19NO2/c1-2-3-4-6-10-7-5-8-11(9-10)12(14)13(15)16/h5,7-9,12H,2-4,6,14H2,1H3,(H,15,16). The van der Waals surface area contributed by atoms with E-state index in [1.54, 1.807) is 6.07 Å². The predicted octanol–water partition coefficient (Wildman–Crippen LogP) is 2.50. The topological polar surface area (TPSA) is 63.3 Å². The number of carbonyl (C=O) groups is 1. The van der Waals surface area contributed by atoms with Gasteiger partial charge in [0.1, 0.15) is 6.04 Å². The maximum Gasteiger partial charge on any atom is 0.325 e. The van der Waals surface area contributed by atoms with Gasteiger partial charge in [0.05, 0.1) is 0 Å². The quantitative estimate of drug-likeness (QED) is 0.725. The van der Waals surface area contributed by atoms with Crippen LogP contribution < -0.4 is 5.73 Å². The molecule has 0 saturated carbocycles. The van der Waals surface area contributed by atoms with E-state index in [0.29, 0.717) is 5.56 Å². The van der Waals surface area contributed by atoms with Crippen LogP contribution in [-0.4, -0.2) is 11.1 Å². The van der Waals surface area contributed by atoms with Crippen molar-refractivity contribution in [1.82, 2.24) is 0 Å². The summed E-state index contributed by atoms with van der Waals surface area (Å²) in [5.74, 6) is -0.981. The smallest absolute Gasteiger partial charge is 0.325 e. The molecule has 1 unspecified atom stereocenters. The first kappa shape index (κ1) is 12.7. The molecule has 0 bridgehead atoms. The van der Waals surface area contributed by atoms with E-state index >= 15 is 0 Å². The van der Waals surface area contributed by atoms with Gasteiger partial charge in [0.15, 0.2) is 0 Å². The minimum atomic E-state index is -0.981. The Balaban J connectivity index is 2.67. The zero-order valence-electron chi connectivity index (χ0n) is 9.65. The second-order valence-electron chi connectivity index (χ2n) is 4.02. The van der Waals surface area contributed by atoms with Crippen LogP contribution >= 0.6 is 0 Å². The van der Waals surface area contributed by atoms with Gasteiger partial charge in [-0.25, -0.2) is 0 Å². The van der Waals surface area contributed by atoms with Crippen molar-refractivity contribution >= 4 is 5.97 Å². The van der Waals surface area contributed by atoms with Crippen LogP contribution in [0.25, 0.3) is 0 Å². The summed E-state index contributed by atoms with van der Waals surface area (Å²) in [6.07, 6.45) is 4.53. The number of aliphatic carboxylic acids is 1. The lowest BCUT2D eigenvalue weighted by atomic mass is 10.0. The Hall–Kier alpha value is -1.35. The van der Waals surface area contributed by atoms with Crippen LogP contribution in [0, 0.1) is 0 Å². The molecule has 0 amide bonds. The van der Waals surface area contributed by atoms with Crippen LogP contribution in [0.15, 0.2) is 24.3 Å². The van der Waals surface area contributed by atoms with Gasteiger partial charge in [0.25, 0.3) is 0 Å². The van der Waals surface area contributed by atoms with Gasteiger partial charge in [-0.15, -0.1) is 0 Å². The number of carboxylic acids is 1. The zero-order valence-corrected chi connectivity index (χ0v) is 9.65. The van der Waals surface area contributed by atoms with Crippen LogP contribution in [-0.2, 0) is 11.2 Å². The Labute approximate surface area is 96.3 Å². The molecule has 0 aromatic heterocycles. The Bertz CT molecular complexity index is 350. The summed E-state index contributed by atoms with van der Waals surface area (Å²) >= 11 is 0. The molecule has 1 atom stereocenters. The average molecular weight is 221 g/mol. The van der Waals surface area contributed by atoms with E-state index in [0.717, 1.165) is 12.8 Å². The molecule has 0 aliphatic heterocycles. The van der Waals surface area contributed by atoms with Crippen molar-refractivity contribution in [2.45, 2.75) is 38.6 Å². The molecular weight excluding hydrogens is 202 g/mol. The summed E-state index contributed by atoms with van der Waals surface area (Å²) in [5.41, 5.74) is 7.41. The van der Waals surface area contributed by atoms with Crippen molar-refractivity contribution in [3.8, 4) is 0 Å². The third kappa shape index (κ3) is 3.66. The van der Waals surface area contributed by atoms with E-state index in [9.17, 15) is 4.79 Å². The van der Waals surface area contributed by atoms with Crippen LogP contribution in [0.4, 0.5) is 0 Å². The van der Waals surface area contributed by atoms with Crippen LogP contribution in [0.1, 0.15) is 43.4 Å². The Kier molecular flexibility index (Phi) is 4.99. The molecule has 0 fully saturated rings. The van der Waals surface area contributed by atoms with Crippen molar-refractivity contribution in [2.24, 2.45) is 5.73 Å². The fourth-order valence-corrected chi connectivity index (χ4v) is 1.66. The molecule has 3 N–H and O–H groups in total. The number of benzene rings is 1. The number of carboxylic acid groups (broad SMARTS) is 1. The van der Waals surface area contributed by atoms with Crippen molar-refractivity contribution in [1.29, 1.82) is 0 Å². The van der Waals surface area contributed by atoms with E-state index in [-0.39, 0.29) is 0 Å². The molecule has 0 spiro atoms. The summed E-state index contributed by atoms with van der Waals surface area (Å²) < 4.78 is 0. The summed E-state index contributed by atoms with van der Waals surface area (Å²) in [4.78, 5) is 10.7. The van der Waals surface area contributed by atoms with Crippen LogP contribution in [0.5, 0.6) is 0 Å². The first-order valence-electron chi connectivity index (χ1n) is 5.72. The monoisotopic (exact) mass is 221 g/mol. The molecule has 3 heteroatoms. The van der Waals surface area contributed by atoms with Gasteiger partial charge in [-0.2, -0.15) is 0 Å². The maximum absolute atomic E-state index is 10.7. The molecule has 88 valence electrons. The van der Waals surface area contributed by atoms with E-state index in [4.69, 9.17) is 10.8 Å². The number of rotatable bonds is 6. The molecular formula is C13H19NO2. The molecule has 1 aromatic carbocycles. The Morgan fingerprint density at radius 1 is 1.44 bits per heavy atom. The van der Waals surface area contributed by atoms with Gasteiger partial charge in [0, 0.05) is 0 Å². The van der Waals surface area contributed by atoms with Gasteiger partial charge >= 0.3 is 5.97 Å². The van der Waals surface area contributed by atoms with Crippen molar-refractivity contribution in [3.05, 3.63) is 35.4 Å². The molecule has 1 rings (SSSR count). The highest BCUT2D eigenvalue weighted by molar-refractivity contribution is 5.75. The minimum Gasteiger partial charge on any atom is -0.480 e. The van der Waals surface area contributed by atoms with Crippen LogP contribution in [0.2, 0.25) is 0 Å². The maximum atomic E-state index is 10.7. The molecule has 0 heterocycles. The lowest BCUT2D eigenvalue weighted by Gasteiger charge is -2.08. The van der Waals surface area contributed by atoms with Crippen molar-refractivity contribution in [2.75, 3.05) is 0 Å². The van der Waals surface area contributed by atoms with Crippen LogP contribution in [0.3, 0.4) is 0 Å². The van der Waals surface area contributed by atoms with E-state index < -0.39 is 12.0 Å². The molecule has 16 heavy (non-hydrogen) atoms. The van der Waals surface area contributed by atoms with Crippen molar-refractivity contribution < 1.29 is 9.90 Å². The molecule has 3 nitrogen and oxygen atoms in total. The largest absolute Gasteiger partial charge is 0.480 e. The highest BCUT2D eigenvalue weighted by Crippen LogP contribution is 2.14. The van der Waals surface area contributed by atoms with Gasteiger partial charge < -0.3 is 10.8 Å². The highest BCUT2D eigenvalue weighted by Gasteiger charge is 2.13. The fourth-order valence-electron chi connectivity index (χ4n) is 1.66. The molecule has 0 aliphatic rings. The first-order valence-corrected chi connectivity index (χ1v) is 5.72. The lowest BCUT2D eigenvalue weighted by Crippen LogP contribution is -2.20. The SMILES string of the molecule is CCCCCc1cccc(C(N)C(=O)O)c1. The average Bonchev–Trinajstić information content (AvgIpc) is 2.29. The summed E-state index contributed by atoms with van der Waals surface area (Å²) in [5, 5.41) is 8.82. The number of hydrogen-bond acceptors (Lipinski definition) is 2. The first-order chi connectivity index (χ1) is 7.65. The van der Waals surface area contributed by atoms with E-state index in [1.165, 1.54) is 18.4 Å². The van der Waals surface area contributed by atoms with Gasteiger partial charge in [-0.05, 0) is 24.0 Å². The number of hydrogen-bond donors (Lipinski definition) is 2. The summed E-state index contributed by atoms with van der Waals surface area (Å²) in [6, 6.07) is 6.65. The van der Waals surface area contributed by atoms with Gasteiger partial charge in [0.2, 0.25) is 0 Å². The molecule has 0 saturated heterocycles. The zero-order chi connectivity index (χ0) is 12.0. The minimum absolute atomic E-state index is 0.682. The Morgan fingerprint density at radius 3 is 2.81 bits per heavy atom. The van der Waals surface area contributed by atoms with E-state index in [2.05, 4.69) is 6.92 Å². The van der Waals surface area contributed by atoms with E-state index in [1.807, 2.05) is 18.2 Å². The normalized spacial score (nSPS) is 12.4. The molecule has 0 aliphatic carbocycles. The fraction of sp³-hybridized carbons (Fsp3) is 0.462. The number of nitrogens with two attached hydrogens (primary N) is 1.